The minimum Gasteiger partial charge on any atom is -0.380 e. The smallest absolute Gasteiger partial charge is 0.270 e. The molecule has 0 N–H and O–H groups in total. The van der Waals surface area contributed by atoms with E-state index in [9.17, 15) is 14.9 Å². The number of nitro benzene ring substituents is 1. The number of nitro groups is 1. The van der Waals surface area contributed by atoms with Crippen molar-refractivity contribution < 1.29 is 14.5 Å². The monoisotopic (exact) mass is 284 g/mol. The van der Waals surface area contributed by atoms with Crippen LogP contribution in [0.5, 0.6) is 0 Å². The van der Waals surface area contributed by atoms with Crippen molar-refractivity contribution in [3.63, 3.8) is 0 Å². The van der Waals surface area contributed by atoms with Crippen LogP contribution in [0, 0.1) is 10.1 Å². The Kier molecular flexibility index (Phi) is 4.01. The van der Waals surface area contributed by atoms with Crippen LogP contribution in [-0.4, -0.2) is 42.0 Å². The lowest BCUT2D eigenvalue weighted by molar-refractivity contribution is -0.384. The first-order valence-corrected chi connectivity index (χ1v) is 6.16. The summed E-state index contributed by atoms with van der Waals surface area (Å²) in [6.07, 6.45) is 0.774. The second-order valence-corrected chi connectivity index (χ2v) is 4.73. The molecule has 1 aliphatic heterocycles. The molecule has 0 saturated carbocycles. The number of amides is 1. The normalized spacial score (nSPS) is 18.6. The van der Waals surface area contributed by atoms with Gasteiger partial charge in [-0.05, 0) is 12.5 Å². The van der Waals surface area contributed by atoms with Crippen LogP contribution in [0.3, 0.4) is 0 Å². The molecule has 2 rings (SSSR count). The number of likely N-dealkylation sites (tertiary alicyclic amines) is 1. The second-order valence-electron chi connectivity index (χ2n) is 4.32. The first-order chi connectivity index (χ1) is 9.02. The average molecular weight is 285 g/mol. The van der Waals surface area contributed by atoms with Gasteiger partial charge in [0.2, 0.25) is 0 Å². The van der Waals surface area contributed by atoms with Crippen molar-refractivity contribution in [3.8, 4) is 0 Å². The number of hydrogen-bond donors (Lipinski definition) is 0. The van der Waals surface area contributed by atoms with E-state index in [0.29, 0.717) is 13.1 Å². The molecule has 1 fully saturated rings. The van der Waals surface area contributed by atoms with E-state index in [2.05, 4.69) is 0 Å². The van der Waals surface area contributed by atoms with E-state index in [0.717, 1.165) is 6.42 Å². The summed E-state index contributed by atoms with van der Waals surface area (Å²) < 4.78 is 5.18. The molecule has 6 nitrogen and oxygen atoms in total. The first-order valence-electron chi connectivity index (χ1n) is 5.79. The highest BCUT2D eigenvalue weighted by Gasteiger charge is 2.28. The van der Waals surface area contributed by atoms with Gasteiger partial charge >= 0.3 is 0 Å². The lowest BCUT2D eigenvalue weighted by Crippen LogP contribution is -2.30. The molecule has 1 aromatic rings. The molecule has 1 saturated heterocycles. The topological polar surface area (TPSA) is 72.7 Å². The van der Waals surface area contributed by atoms with Gasteiger partial charge in [0, 0.05) is 32.3 Å². The number of hydrogen-bond acceptors (Lipinski definition) is 4. The molecular formula is C12H13ClN2O4. The van der Waals surface area contributed by atoms with E-state index in [1.807, 2.05) is 0 Å². The van der Waals surface area contributed by atoms with E-state index < -0.39 is 4.92 Å². The Labute approximate surface area is 115 Å². The van der Waals surface area contributed by atoms with Gasteiger partial charge < -0.3 is 9.64 Å². The number of carbonyl (C=O) groups is 1. The minimum atomic E-state index is -0.547. The number of non-ortho nitro benzene ring substituents is 1. The van der Waals surface area contributed by atoms with E-state index in [4.69, 9.17) is 16.3 Å². The van der Waals surface area contributed by atoms with Gasteiger partial charge in [0.25, 0.3) is 11.6 Å². The predicted molar refractivity (Wildman–Crippen MR) is 69.4 cm³/mol. The molecule has 0 radical (unpaired) electrons. The van der Waals surface area contributed by atoms with E-state index in [-0.39, 0.29) is 28.3 Å². The summed E-state index contributed by atoms with van der Waals surface area (Å²) in [6.45, 7) is 1.05. The molecule has 0 aromatic heterocycles. The number of methoxy groups -OCH3 is 1. The number of ether oxygens (including phenoxy) is 1. The van der Waals surface area contributed by atoms with E-state index >= 15 is 0 Å². The van der Waals surface area contributed by atoms with Crippen molar-refractivity contribution in [2.75, 3.05) is 20.2 Å². The van der Waals surface area contributed by atoms with Gasteiger partial charge in [-0.15, -0.1) is 0 Å². The molecule has 1 unspecified atom stereocenters. The maximum Gasteiger partial charge on any atom is 0.270 e. The first kappa shape index (κ1) is 13.8. The molecule has 0 spiro atoms. The fraction of sp³-hybridized carbons (Fsp3) is 0.417. The lowest BCUT2D eigenvalue weighted by Gasteiger charge is -2.16. The van der Waals surface area contributed by atoms with Crippen molar-refractivity contribution in [3.05, 3.63) is 38.9 Å². The quantitative estimate of drug-likeness (QED) is 0.629. The van der Waals surface area contributed by atoms with Gasteiger partial charge in [0.1, 0.15) is 0 Å². The molecule has 1 aromatic carbocycles. The molecule has 1 heterocycles. The van der Waals surface area contributed by atoms with Gasteiger partial charge in [0.05, 0.1) is 21.6 Å². The lowest BCUT2D eigenvalue weighted by atomic mass is 10.2. The zero-order chi connectivity index (χ0) is 14.0. The fourth-order valence-corrected chi connectivity index (χ4v) is 2.26. The Morgan fingerprint density at radius 3 is 2.89 bits per heavy atom. The zero-order valence-electron chi connectivity index (χ0n) is 10.3. The summed E-state index contributed by atoms with van der Waals surface area (Å²) in [6, 6.07) is 3.86. The number of benzene rings is 1. The van der Waals surface area contributed by atoms with Crippen LogP contribution in [0.1, 0.15) is 16.8 Å². The van der Waals surface area contributed by atoms with Crippen LogP contribution in [0.15, 0.2) is 18.2 Å². The predicted octanol–water partition coefficient (Wildman–Crippen LogP) is 2.11. The number of carbonyl (C=O) groups excluding carboxylic acids is 1. The van der Waals surface area contributed by atoms with Crippen LogP contribution in [0.4, 0.5) is 5.69 Å². The molecule has 1 aliphatic rings. The van der Waals surface area contributed by atoms with Crippen molar-refractivity contribution in [1.82, 2.24) is 4.90 Å². The summed E-state index contributed by atoms with van der Waals surface area (Å²) in [4.78, 5) is 24.0. The maximum atomic E-state index is 12.3. The summed E-state index contributed by atoms with van der Waals surface area (Å²) in [5, 5.41) is 10.9. The zero-order valence-corrected chi connectivity index (χ0v) is 11.1. The van der Waals surface area contributed by atoms with E-state index in [1.165, 1.54) is 18.2 Å². The maximum absolute atomic E-state index is 12.3. The third-order valence-corrected chi connectivity index (χ3v) is 3.49. The Morgan fingerprint density at radius 1 is 1.58 bits per heavy atom. The third kappa shape index (κ3) is 2.85. The molecule has 1 amide bonds. The second kappa shape index (κ2) is 5.54. The molecular weight excluding hydrogens is 272 g/mol. The summed E-state index contributed by atoms with van der Waals surface area (Å²) >= 11 is 5.94. The van der Waals surface area contributed by atoms with Crippen LogP contribution in [0.25, 0.3) is 0 Å². The van der Waals surface area contributed by atoms with Crippen LogP contribution in [0.2, 0.25) is 5.02 Å². The number of rotatable bonds is 3. The SMILES string of the molecule is COC1CCN(C(=O)c2cc([N+](=O)[O-])ccc2Cl)C1. The van der Waals surface area contributed by atoms with Crippen molar-refractivity contribution >= 4 is 23.2 Å². The summed E-state index contributed by atoms with van der Waals surface area (Å²) in [7, 11) is 1.60. The van der Waals surface area contributed by atoms with Gasteiger partial charge in [-0.1, -0.05) is 11.6 Å². The molecule has 102 valence electrons. The molecule has 0 bridgehead atoms. The average Bonchev–Trinajstić information content (AvgIpc) is 2.87. The van der Waals surface area contributed by atoms with Gasteiger partial charge in [0.15, 0.2) is 0 Å². The standard InChI is InChI=1S/C12H13ClN2O4/c1-19-9-4-5-14(7-9)12(16)10-6-8(15(17)18)2-3-11(10)13/h2-3,6,9H,4-5,7H2,1H3. The van der Waals surface area contributed by atoms with Gasteiger partial charge in [-0.2, -0.15) is 0 Å². The number of halogens is 1. The molecule has 7 heteroatoms. The fourth-order valence-electron chi connectivity index (χ4n) is 2.07. The Hall–Kier alpha value is -1.66. The van der Waals surface area contributed by atoms with Crippen molar-refractivity contribution in [2.45, 2.75) is 12.5 Å². The molecule has 0 aliphatic carbocycles. The highest BCUT2D eigenvalue weighted by molar-refractivity contribution is 6.33. The third-order valence-electron chi connectivity index (χ3n) is 3.16. The van der Waals surface area contributed by atoms with Crippen molar-refractivity contribution in [2.24, 2.45) is 0 Å². The highest BCUT2D eigenvalue weighted by Crippen LogP contribution is 2.25. The minimum absolute atomic E-state index is 0.0152. The summed E-state index contributed by atoms with van der Waals surface area (Å²) in [5.74, 6) is -0.298. The summed E-state index contributed by atoms with van der Waals surface area (Å²) in [5.41, 5.74) is 0.0165. The van der Waals surface area contributed by atoms with Crippen LogP contribution < -0.4 is 0 Å². The highest BCUT2D eigenvalue weighted by atomic mass is 35.5. The molecule has 19 heavy (non-hydrogen) atoms. The van der Waals surface area contributed by atoms with Gasteiger partial charge in [-0.25, -0.2) is 0 Å². The van der Waals surface area contributed by atoms with Crippen LogP contribution >= 0.6 is 11.6 Å². The van der Waals surface area contributed by atoms with E-state index in [1.54, 1.807) is 12.0 Å². The van der Waals surface area contributed by atoms with Gasteiger partial charge in [-0.3, -0.25) is 14.9 Å². The van der Waals surface area contributed by atoms with Crippen molar-refractivity contribution in [1.29, 1.82) is 0 Å². The number of nitrogens with zero attached hydrogens (tertiary/aromatic N) is 2. The molecule has 1 atom stereocenters. The van der Waals surface area contributed by atoms with Crippen LogP contribution in [-0.2, 0) is 4.74 Å². The largest absolute Gasteiger partial charge is 0.380 e. The Bertz CT molecular complexity index is 520. The Balaban J connectivity index is 2.24. The Morgan fingerprint density at radius 2 is 2.32 bits per heavy atom.